The van der Waals surface area contributed by atoms with Gasteiger partial charge in [0.15, 0.2) is 34.7 Å². The summed E-state index contributed by atoms with van der Waals surface area (Å²) in [4.78, 5) is 45.8. The van der Waals surface area contributed by atoms with Gasteiger partial charge in [-0.15, -0.1) is 0 Å². The summed E-state index contributed by atoms with van der Waals surface area (Å²) < 4.78 is 39.3. The Kier molecular flexibility index (Phi) is 17.0. The topological polar surface area (TPSA) is 169 Å². The number of nitrogens with one attached hydrogen (secondary N) is 3. The summed E-state index contributed by atoms with van der Waals surface area (Å²) in [6.07, 6.45) is 23.4. The maximum absolute atomic E-state index is 14.6. The summed E-state index contributed by atoms with van der Waals surface area (Å²) in [7, 11) is 2.79. The molecule has 3 aromatic heterocycles. The van der Waals surface area contributed by atoms with Crippen LogP contribution in [0.3, 0.4) is 0 Å². The molecule has 2 saturated carbocycles. The number of methoxy groups -OCH3 is 2. The smallest absolute Gasteiger partial charge is 0.227 e. The molecule has 3 N–H and O–H groups in total. The summed E-state index contributed by atoms with van der Waals surface area (Å²) in [6.45, 7) is 3.56. The van der Waals surface area contributed by atoms with Gasteiger partial charge in [0.25, 0.3) is 0 Å². The SMILES string of the molecule is BrCC1CC1.CCC(=O)c1cc(CCc2cnc(NC3=CC(CC4CC4)N=C3)nc2)c(F)c(OC)c1.CCC(=O)c1cc(CCc2cnc(Nc3cn[nH]c3)nc2)c(F)c(OC)c1. The van der Waals surface area contributed by atoms with E-state index in [1.54, 1.807) is 63.2 Å². The second-order valence-corrected chi connectivity index (χ2v) is 16.3. The van der Waals surface area contributed by atoms with E-state index in [1.165, 1.54) is 57.4 Å². The number of halogens is 3. The molecule has 2 aromatic carbocycles. The molecule has 2 aliphatic carbocycles. The zero-order valence-corrected chi connectivity index (χ0v) is 37.7. The van der Waals surface area contributed by atoms with Gasteiger partial charge in [0, 0.05) is 66.5 Å². The molecule has 8 rings (SSSR count). The molecular weight excluding hydrogens is 872 g/mol. The van der Waals surface area contributed by atoms with Crippen LogP contribution in [0.15, 0.2) is 78.2 Å². The zero-order valence-electron chi connectivity index (χ0n) is 36.1. The highest BCUT2D eigenvalue weighted by Gasteiger charge is 2.26. The number of ether oxygens (including phenoxy) is 2. The lowest BCUT2D eigenvalue weighted by Crippen LogP contribution is -2.06. The van der Waals surface area contributed by atoms with Gasteiger partial charge in [-0.2, -0.15) is 5.10 Å². The van der Waals surface area contributed by atoms with Crippen molar-refractivity contribution in [2.75, 3.05) is 30.2 Å². The largest absolute Gasteiger partial charge is 0.494 e. The molecular formula is C47H54BrF2N9O4. The number of aliphatic imine (C=N–C) groups is 1. The number of alkyl halides is 1. The van der Waals surface area contributed by atoms with Gasteiger partial charge in [-0.25, -0.2) is 28.7 Å². The number of aromatic amines is 1. The molecule has 332 valence electrons. The van der Waals surface area contributed by atoms with Gasteiger partial charge in [0.2, 0.25) is 11.9 Å². The van der Waals surface area contributed by atoms with Crippen molar-refractivity contribution in [2.24, 2.45) is 16.8 Å². The number of nitrogens with zero attached hydrogens (tertiary/aromatic N) is 6. The number of allylic oxidation sites excluding steroid dienone is 1. The van der Waals surface area contributed by atoms with Gasteiger partial charge in [-0.1, -0.05) is 42.6 Å². The van der Waals surface area contributed by atoms with Crippen LogP contribution in [0.5, 0.6) is 11.5 Å². The Morgan fingerprint density at radius 3 is 1.65 bits per heavy atom. The molecule has 1 aliphatic heterocycles. The zero-order chi connectivity index (χ0) is 44.7. The minimum absolute atomic E-state index is 0.0394. The Balaban J connectivity index is 0.000000190. The molecule has 0 amide bonds. The number of aromatic nitrogens is 6. The Labute approximate surface area is 375 Å². The van der Waals surface area contributed by atoms with Crippen molar-refractivity contribution in [3.63, 3.8) is 0 Å². The molecule has 16 heteroatoms. The second-order valence-electron chi connectivity index (χ2n) is 15.7. The maximum atomic E-state index is 14.6. The summed E-state index contributed by atoms with van der Waals surface area (Å²) in [5.74, 6) is 2.06. The van der Waals surface area contributed by atoms with Crippen LogP contribution < -0.4 is 20.1 Å². The van der Waals surface area contributed by atoms with E-state index >= 15 is 0 Å². The molecule has 1 unspecified atom stereocenters. The Morgan fingerprint density at radius 1 is 0.730 bits per heavy atom. The highest BCUT2D eigenvalue weighted by atomic mass is 79.9. The molecule has 63 heavy (non-hydrogen) atoms. The number of hydrogen-bond donors (Lipinski definition) is 3. The lowest BCUT2D eigenvalue weighted by Gasteiger charge is -2.11. The fourth-order valence-electron chi connectivity index (χ4n) is 6.57. The number of anilines is 3. The lowest BCUT2D eigenvalue weighted by molar-refractivity contribution is 0.0979. The third kappa shape index (κ3) is 14.1. The summed E-state index contributed by atoms with van der Waals surface area (Å²) in [5.41, 5.74) is 5.24. The van der Waals surface area contributed by atoms with Crippen LogP contribution in [-0.4, -0.2) is 73.5 Å². The van der Waals surface area contributed by atoms with E-state index in [9.17, 15) is 18.4 Å². The molecule has 3 aliphatic rings. The summed E-state index contributed by atoms with van der Waals surface area (Å²) in [6, 6.07) is 6.38. The van der Waals surface area contributed by atoms with Crippen molar-refractivity contribution in [3.05, 3.63) is 118 Å². The number of rotatable bonds is 19. The van der Waals surface area contributed by atoms with E-state index in [-0.39, 0.29) is 29.1 Å². The third-order valence-corrected chi connectivity index (χ3v) is 11.6. The van der Waals surface area contributed by atoms with Crippen LogP contribution in [-0.2, 0) is 25.7 Å². The molecule has 0 spiro atoms. The van der Waals surface area contributed by atoms with E-state index in [2.05, 4.69) is 67.8 Å². The van der Waals surface area contributed by atoms with Gasteiger partial charge < -0.3 is 20.1 Å². The van der Waals surface area contributed by atoms with Crippen molar-refractivity contribution in [3.8, 4) is 11.5 Å². The first kappa shape index (κ1) is 46.6. The van der Waals surface area contributed by atoms with E-state index in [0.29, 0.717) is 72.7 Å². The normalized spacial score (nSPS) is 15.0. The number of Topliss-reactive ketones (excluding diaryl/α,β-unsaturated/α-hetero) is 2. The summed E-state index contributed by atoms with van der Waals surface area (Å²) >= 11 is 3.38. The Morgan fingerprint density at radius 2 is 1.24 bits per heavy atom. The number of benzene rings is 2. The number of ketones is 2. The third-order valence-electron chi connectivity index (χ3n) is 10.7. The van der Waals surface area contributed by atoms with Crippen molar-refractivity contribution >= 4 is 51.3 Å². The van der Waals surface area contributed by atoms with E-state index < -0.39 is 11.6 Å². The molecule has 0 bridgehead atoms. The van der Waals surface area contributed by atoms with Crippen LogP contribution in [0.2, 0.25) is 0 Å². The van der Waals surface area contributed by atoms with Crippen molar-refractivity contribution in [1.29, 1.82) is 0 Å². The average molecular weight is 927 g/mol. The quantitative estimate of drug-likeness (QED) is 0.0532. The molecule has 0 saturated heterocycles. The van der Waals surface area contributed by atoms with Gasteiger partial charge in [-0.3, -0.25) is 19.7 Å². The predicted molar refractivity (Wildman–Crippen MR) is 244 cm³/mol. The van der Waals surface area contributed by atoms with Gasteiger partial charge in [-0.05, 0) is 109 Å². The molecule has 5 aromatic rings. The predicted octanol–water partition coefficient (Wildman–Crippen LogP) is 9.81. The van der Waals surface area contributed by atoms with Crippen molar-refractivity contribution < 1.29 is 27.8 Å². The van der Waals surface area contributed by atoms with Crippen LogP contribution in [0, 0.1) is 23.5 Å². The number of hydrogen-bond acceptors (Lipinski definition) is 12. The molecule has 4 heterocycles. The number of carbonyl (C=O) groups excluding carboxylic acids is 2. The van der Waals surface area contributed by atoms with E-state index in [1.807, 2.05) is 6.21 Å². The van der Waals surface area contributed by atoms with Gasteiger partial charge >= 0.3 is 0 Å². The first-order valence-electron chi connectivity index (χ1n) is 21.3. The van der Waals surface area contributed by atoms with E-state index in [4.69, 9.17) is 9.47 Å². The van der Waals surface area contributed by atoms with Gasteiger partial charge in [0.05, 0.1) is 37.8 Å². The summed E-state index contributed by atoms with van der Waals surface area (Å²) in [5, 5.41) is 14.0. The fraction of sp³-hybridized carbons (Fsp3) is 0.404. The molecule has 1 atom stereocenters. The lowest BCUT2D eigenvalue weighted by atomic mass is 10.00. The van der Waals surface area contributed by atoms with Crippen LogP contribution in [0.25, 0.3) is 0 Å². The van der Waals surface area contributed by atoms with E-state index in [0.717, 1.165) is 40.8 Å². The van der Waals surface area contributed by atoms with Crippen LogP contribution >= 0.6 is 15.9 Å². The van der Waals surface area contributed by atoms with Crippen LogP contribution in [0.4, 0.5) is 26.4 Å². The minimum atomic E-state index is -0.440. The monoisotopic (exact) mass is 925 g/mol. The first-order valence-corrected chi connectivity index (χ1v) is 22.5. The number of carbonyl (C=O) groups is 2. The fourth-order valence-corrected chi connectivity index (χ4v) is 7.22. The highest BCUT2D eigenvalue weighted by Crippen LogP contribution is 2.35. The van der Waals surface area contributed by atoms with Gasteiger partial charge in [0.1, 0.15) is 0 Å². The standard InChI is InChI=1S/C24H27FN4O2.C19H20FN5O2.C4H7Br/c1-3-21(30)18-9-17(23(25)22(10-18)31-2)7-6-16-12-27-24(28-13-16)29-20-11-19(26-14-20)8-15-4-5-15;1-3-16(26)14-6-13(18(20)17(7-14)27-2)5-4-12-8-21-19(22-9-12)25-15-10-23-24-11-15;5-3-4-1-2-4/h9-15,19H,3-8H2,1-2H3,(H,27,28,29);6-11H,3-5H2,1-2H3,(H,23,24)(H,21,22,25);4H,1-3H2. The maximum Gasteiger partial charge on any atom is 0.227 e. The second kappa shape index (κ2) is 23.0. The van der Waals surface area contributed by atoms with Crippen molar-refractivity contribution in [2.45, 2.75) is 90.5 Å². The van der Waals surface area contributed by atoms with Crippen molar-refractivity contribution in [1.82, 2.24) is 30.1 Å². The Hall–Kier alpha value is -5.90. The number of H-pyrrole nitrogens is 1. The molecule has 2 fully saturated rings. The first-order chi connectivity index (χ1) is 30.6. The Bertz CT molecular complexity index is 2350. The number of aryl methyl sites for hydroxylation is 4. The average Bonchev–Trinajstić information content (AvgIpc) is 4.23. The highest BCUT2D eigenvalue weighted by molar-refractivity contribution is 9.09. The minimum Gasteiger partial charge on any atom is -0.494 e. The molecule has 0 radical (unpaired) electrons. The van der Waals surface area contributed by atoms with Crippen LogP contribution in [0.1, 0.15) is 102 Å². The molecule has 13 nitrogen and oxygen atoms in total.